The fourth-order valence-corrected chi connectivity index (χ4v) is 3.68. The van der Waals surface area contributed by atoms with E-state index in [0.717, 1.165) is 12.4 Å². The van der Waals surface area contributed by atoms with Crippen LogP contribution in [0, 0.1) is 5.92 Å². The zero-order valence-electron chi connectivity index (χ0n) is 13.6. The molecule has 0 spiro atoms. The molecule has 2 N–H and O–H groups in total. The first-order valence-electron chi connectivity index (χ1n) is 8.46. The lowest BCUT2D eigenvalue weighted by atomic mass is 9.84. The van der Waals surface area contributed by atoms with Crippen molar-refractivity contribution < 1.29 is 4.79 Å². The molecule has 1 fully saturated rings. The molecular formula is C18H24N4O. The molecule has 1 saturated carbocycles. The van der Waals surface area contributed by atoms with Crippen LogP contribution in [0.5, 0.6) is 0 Å². The Bertz CT molecular complexity index is 659. The molecular weight excluding hydrogens is 288 g/mol. The third kappa shape index (κ3) is 3.44. The second kappa shape index (κ2) is 6.94. The van der Waals surface area contributed by atoms with Gasteiger partial charge in [-0.1, -0.05) is 43.2 Å². The van der Waals surface area contributed by atoms with Crippen molar-refractivity contribution in [3.63, 3.8) is 0 Å². The van der Waals surface area contributed by atoms with Gasteiger partial charge in [-0.2, -0.15) is 5.10 Å². The predicted octanol–water partition coefficient (Wildman–Crippen LogP) is 2.65. The molecule has 0 aliphatic heterocycles. The SMILES string of the molecule is CCn1nc(CC(N)=O)nc1[C@@H](c1ccccc1)C1CCCC1. The number of carbonyl (C=O) groups excluding carboxylic acids is 1. The number of amides is 1. The summed E-state index contributed by atoms with van der Waals surface area (Å²) in [6.45, 7) is 2.81. The molecule has 1 aromatic carbocycles. The van der Waals surface area contributed by atoms with Crippen molar-refractivity contribution in [1.29, 1.82) is 0 Å². The van der Waals surface area contributed by atoms with Crippen molar-refractivity contribution in [2.75, 3.05) is 0 Å². The summed E-state index contributed by atoms with van der Waals surface area (Å²) in [5.41, 5.74) is 6.59. The van der Waals surface area contributed by atoms with Gasteiger partial charge in [0.25, 0.3) is 0 Å². The summed E-state index contributed by atoms with van der Waals surface area (Å²) in [5.74, 6) is 1.96. The van der Waals surface area contributed by atoms with Gasteiger partial charge in [0.1, 0.15) is 5.82 Å². The van der Waals surface area contributed by atoms with Crippen LogP contribution < -0.4 is 5.73 Å². The number of rotatable bonds is 6. The number of primary amides is 1. The van der Waals surface area contributed by atoms with Crippen molar-refractivity contribution in [2.24, 2.45) is 11.7 Å². The summed E-state index contributed by atoms with van der Waals surface area (Å²) in [5, 5.41) is 4.49. The van der Waals surface area contributed by atoms with E-state index in [0.29, 0.717) is 11.7 Å². The van der Waals surface area contributed by atoms with Crippen LogP contribution in [0.25, 0.3) is 0 Å². The minimum Gasteiger partial charge on any atom is -0.369 e. The van der Waals surface area contributed by atoms with Crippen molar-refractivity contribution in [2.45, 2.75) is 51.5 Å². The van der Waals surface area contributed by atoms with Crippen LogP contribution in [0.1, 0.15) is 55.7 Å². The van der Waals surface area contributed by atoms with Crippen molar-refractivity contribution >= 4 is 5.91 Å². The Hall–Kier alpha value is -2.17. The Balaban J connectivity index is 2.02. The molecule has 0 unspecified atom stereocenters. The highest BCUT2D eigenvalue weighted by atomic mass is 16.1. The Morgan fingerprint density at radius 2 is 2.00 bits per heavy atom. The first-order chi connectivity index (χ1) is 11.2. The number of nitrogens with two attached hydrogens (primary N) is 1. The lowest BCUT2D eigenvalue weighted by Crippen LogP contribution is -2.17. The maximum absolute atomic E-state index is 11.2. The van der Waals surface area contributed by atoms with E-state index in [9.17, 15) is 4.79 Å². The average Bonchev–Trinajstić information content (AvgIpc) is 3.19. The largest absolute Gasteiger partial charge is 0.369 e. The van der Waals surface area contributed by atoms with Crippen molar-refractivity contribution in [3.8, 4) is 0 Å². The summed E-state index contributed by atoms with van der Waals surface area (Å²) in [6, 6.07) is 10.5. The van der Waals surface area contributed by atoms with Crippen LogP contribution in [-0.2, 0) is 17.8 Å². The van der Waals surface area contributed by atoms with Crippen molar-refractivity contribution in [1.82, 2.24) is 14.8 Å². The van der Waals surface area contributed by atoms with E-state index in [4.69, 9.17) is 10.7 Å². The predicted molar refractivity (Wildman–Crippen MR) is 88.8 cm³/mol. The van der Waals surface area contributed by atoms with E-state index < -0.39 is 0 Å². The molecule has 1 amide bonds. The highest BCUT2D eigenvalue weighted by Gasteiger charge is 2.31. The molecule has 0 bridgehead atoms. The molecule has 0 radical (unpaired) electrons. The van der Waals surface area contributed by atoms with E-state index >= 15 is 0 Å². The maximum atomic E-state index is 11.2. The van der Waals surface area contributed by atoms with Crippen LogP contribution >= 0.6 is 0 Å². The Labute approximate surface area is 136 Å². The smallest absolute Gasteiger partial charge is 0.225 e. The highest BCUT2D eigenvalue weighted by Crippen LogP contribution is 2.40. The van der Waals surface area contributed by atoms with Crippen LogP contribution in [0.2, 0.25) is 0 Å². The number of carbonyl (C=O) groups is 1. The minimum atomic E-state index is -0.387. The van der Waals surface area contributed by atoms with Crippen LogP contribution in [0.15, 0.2) is 30.3 Å². The zero-order chi connectivity index (χ0) is 16.2. The van der Waals surface area contributed by atoms with E-state index in [1.54, 1.807) is 0 Å². The normalized spacial score (nSPS) is 16.6. The summed E-state index contributed by atoms with van der Waals surface area (Å²) in [7, 11) is 0. The van der Waals surface area contributed by atoms with Gasteiger partial charge in [0.15, 0.2) is 5.82 Å². The molecule has 5 nitrogen and oxygen atoms in total. The molecule has 122 valence electrons. The average molecular weight is 312 g/mol. The maximum Gasteiger partial charge on any atom is 0.225 e. The number of nitrogens with zero attached hydrogens (tertiary/aromatic N) is 3. The molecule has 5 heteroatoms. The molecule has 23 heavy (non-hydrogen) atoms. The molecule has 1 aliphatic carbocycles. The van der Waals surface area contributed by atoms with Gasteiger partial charge in [-0.3, -0.25) is 4.79 Å². The Morgan fingerprint density at radius 3 is 2.61 bits per heavy atom. The summed E-state index contributed by atoms with van der Waals surface area (Å²) < 4.78 is 1.94. The molecule has 0 saturated heterocycles. The fraction of sp³-hybridized carbons (Fsp3) is 0.500. The number of hydrogen-bond acceptors (Lipinski definition) is 3. The molecule has 3 rings (SSSR count). The highest BCUT2D eigenvalue weighted by molar-refractivity contribution is 5.75. The Kier molecular flexibility index (Phi) is 4.74. The number of hydrogen-bond donors (Lipinski definition) is 1. The second-order valence-electron chi connectivity index (χ2n) is 6.28. The molecule has 1 aliphatic rings. The number of aromatic nitrogens is 3. The number of aryl methyl sites for hydroxylation is 1. The minimum absolute atomic E-state index is 0.103. The summed E-state index contributed by atoms with van der Waals surface area (Å²) in [4.78, 5) is 15.9. The van der Waals surface area contributed by atoms with E-state index in [1.165, 1.54) is 31.2 Å². The monoisotopic (exact) mass is 312 g/mol. The van der Waals surface area contributed by atoms with Crippen molar-refractivity contribution in [3.05, 3.63) is 47.5 Å². The van der Waals surface area contributed by atoms with E-state index in [-0.39, 0.29) is 18.2 Å². The van der Waals surface area contributed by atoms with Gasteiger partial charge in [0.05, 0.1) is 6.42 Å². The molecule has 1 heterocycles. The van der Waals surface area contributed by atoms with Gasteiger partial charge in [-0.05, 0) is 31.2 Å². The first kappa shape index (κ1) is 15.7. The summed E-state index contributed by atoms with van der Waals surface area (Å²) >= 11 is 0. The van der Waals surface area contributed by atoms with E-state index in [1.807, 2.05) is 10.7 Å². The first-order valence-corrected chi connectivity index (χ1v) is 8.46. The summed E-state index contributed by atoms with van der Waals surface area (Å²) in [6.07, 6.45) is 5.11. The quantitative estimate of drug-likeness (QED) is 0.891. The second-order valence-corrected chi connectivity index (χ2v) is 6.28. The Morgan fingerprint density at radius 1 is 1.30 bits per heavy atom. The molecule has 1 aromatic heterocycles. The van der Waals surface area contributed by atoms with Gasteiger partial charge in [-0.15, -0.1) is 0 Å². The molecule has 1 atom stereocenters. The van der Waals surface area contributed by atoms with Crippen LogP contribution in [0.3, 0.4) is 0 Å². The third-order valence-electron chi connectivity index (χ3n) is 4.68. The fourth-order valence-electron chi connectivity index (χ4n) is 3.68. The van der Waals surface area contributed by atoms with Gasteiger partial charge in [-0.25, -0.2) is 9.67 Å². The topological polar surface area (TPSA) is 73.8 Å². The lowest BCUT2D eigenvalue weighted by Gasteiger charge is -2.23. The number of benzene rings is 1. The van der Waals surface area contributed by atoms with Crippen LogP contribution in [-0.4, -0.2) is 20.7 Å². The van der Waals surface area contributed by atoms with E-state index in [2.05, 4.69) is 36.3 Å². The third-order valence-corrected chi connectivity index (χ3v) is 4.68. The van der Waals surface area contributed by atoms with Crippen LogP contribution in [0.4, 0.5) is 0 Å². The molecule has 2 aromatic rings. The van der Waals surface area contributed by atoms with Gasteiger partial charge < -0.3 is 5.73 Å². The zero-order valence-corrected chi connectivity index (χ0v) is 13.6. The van der Waals surface area contributed by atoms with Gasteiger partial charge in [0, 0.05) is 12.5 Å². The van der Waals surface area contributed by atoms with Gasteiger partial charge >= 0.3 is 0 Å². The lowest BCUT2D eigenvalue weighted by molar-refractivity contribution is -0.117. The van der Waals surface area contributed by atoms with Gasteiger partial charge in [0.2, 0.25) is 5.91 Å². The standard InChI is InChI=1S/C18H24N4O/c1-2-22-18(20-16(21-22)12-15(19)23)17(14-10-6-7-11-14)13-8-4-3-5-9-13/h3-5,8-9,14,17H,2,6-7,10-12H2,1H3,(H2,19,23)/t17-/m0/s1.